The van der Waals surface area contributed by atoms with Crippen molar-refractivity contribution in [2.75, 3.05) is 0 Å². The molecule has 112 valence electrons. The highest BCUT2D eigenvalue weighted by molar-refractivity contribution is 8.16. The van der Waals surface area contributed by atoms with Crippen LogP contribution in [0, 0.1) is 0 Å². The van der Waals surface area contributed by atoms with E-state index in [9.17, 15) is 8.42 Å². The highest BCUT2D eigenvalue weighted by Crippen LogP contribution is 2.31. The average molecular weight is 331 g/mol. The highest BCUT2D eigenvalue weighted by atomic mass is 35.7. The van der Waals surface area contributed by atoms with Gasteiger partial charge in [0.25, 0.3) is 9.05 Å². The molecule has 0 fully saturated rings. The van der Waals surface area contributed by atoms with E-state index in [2.05, 4.69) is 36.4 Å². The molecule has 0 saturated heterocycles. The molecular formula is C18H15ClO2S. The van der Waals surface area contributed by atoms with Gasteiger partial charge in [-0.2, -0.15) is 0 Å². The first-order valence-corrected chi connectivity index (χ1v) is 9.35. The summed E-state index contributed by atoms with van der Waals surface area (Å²) in [6.45, 7) is 0. The Bertz CT molecular complexity index is 832. The van der Waals surface area contributed by atoms with Crippen LogP contribution in [0.3, 0.4) is 0 Å². The normalized spacial score (nSPS) is 15.1. The summed E-state index contributed by atoms with van der Waals surface area (Å²) in [4.78, 5) is 0.291. The molecule has 0 N–H and O–H groups in total. The maximum absolute atomic E-state index is 11.3. The number of allylic oxidation sites excluding steroid dienone is 4. The minimum Gasteiger partial charge on any atom is -0.207 e. The lowest BCUT2D eigenvalue weighted by Crippen LogP contribution is -2.00. The molecule has 0 heterocycles. The quantitative estimate of drug-likeness (QED) is 0.743. The van der Waals surface area contributed by atoms with Crippen LogP contribution >= 0.6 is 10.7 Å². The topological polar surface area (TPSA) is 34.1 Å². The predicted molar refractivity (Wildman–Crippen MR) is 91.9 cm³/mol. The Morgan fingerprint density at radius 2 is 1.32 bits per heavy atom. The van der Waals surface area contributed by atoms with E-state index in [0.717, 1.165) is 11.1 Å². The SMILES string of the molecule is O=S(=O)(Cl)C1=CC=C(c2ccc(-c3ccccc3)cc2)CC1. The van der Waals surface area contributed by atoms with Gasteiger partial charge < -0.3 is 0 Å². The molecule has 1 aliphatic rings. The number of rotatable bonds is 3. The maximum Gasteiger partial charge on any atom is 0.257 e. The van der Waals surface area contributed by atoms with Crippen molar-refractivity contribution < 1.29 is 8.42 Å². The first-order chi connectivity index (χ1) is 10.5. The summed E-state index contributed by atoms with van der Waals surface area (Å²) >= 11 is 0. The summed E-state index contributed by atoms with van der Waals surface area (Å²) in [6.07, 6.45) is 4.59. The second-order valence-electron chi connectivity index (χ2n) is 5.21. The van der Waals surface area contributed by atoms with E-state index in [1.807, 2.05) is 24.3 Å². The van der Waals surface area contributed by atoms with Gasteiger partial charge >= 0.3 is 0 Å². The summed E-state index contributed by atoms with van der Waals surface area (Å²) in [6, 6.07) is 18.5. The maximum atomic E-state index is 11.3. The summed E-state index contributed by atoms with van der Waals surface area (Å²) in [7, 11) is 1.78. The lowest BCUT2D eigenvalue weighted by atomic mass is 9.95. The molecule has 2 aromatic carbocycles. The van der Waals surface area contributed by atoms with Gasteiger partial charge in [0.2, 0.25) is 0 Å². The number of halogens is 1. The average Bonchev–Trinajstić information content (AvgIpc) is 2.55. The Labute approximate surface area is 135 Å². The lowest BCUT2D eigenvalue weighted by molar-refractivity contribution is 0.613. The fraction of sp³-hybridized carbons (Fsp3) is 0.111. The van der Waals surface area contributed by atoms with Gasteiger partial charge in [0.15, 0.2) is 0 Å². The summed E-state index contributed by atoms with van der Waals surface area (Å²) in [5.74, 6) is 0. The summed E-state index contributed by atoms with van der Waals surface area (Å²) < 4.78 is 22.6. The van der Waals surface area contributed by atoms with Gasteiger partial charge in [0, 0.05) is 10.7 Å². The molecule has 0 bridgehead atoms. The summed E-state index contributed by atoms with van der Waals surface area (Å²) in [5.41, 5.74) is 4.59. The van der Waals surface area contributed by atoms with Crippen LogP contribution in [0.1, 0.15) is 18.4 Å². The third-order valence-electron chi connectivity index (χ3n) is 3.79. The Hall–Kier alpha value is -1.84. The molecular weight excluding hydrogens is 316 g/mol. The number of benzene rings is 2. The molecule has 0 spiro atoms. The van der Waals surface area contributed by atoms with Crippen LogP contribution in [-0.4, -0.2) is 8.42 Å². The first kappa shape index (κ1) is 15.1. The van der Waals surface area contributed by atoms with Crippen molar-refractivity contribution in [3.8, 4) is 11.1 Å². The van der Waals surface area contributed by atoms with Crippen molar-refractivity contribution in [3.63, 3.8) is 0 Å². The molecule has 0 amide bonds. The monoisotopic (exact) mass is 330 g/mol. The number of hydrogen-bond donors (Lipinski definition) is 0. The molecule has 0 radical (unpaired) electrons. The van der Waals surface area contributed by atoms with Gasteiger partial charge in [-0.05, 0) is 41.2 Å². The van der Waals surface area contributed by atoms with E-state index in [1.54, 1.807) is 6.08 Å². The van der Waals surface area contributed by atoms with E-state index >= 15 is 0 Å². The molecule has 3 rings (SSSR count). The second kappa shape index (κ2) is 6.11. The van der Waals surface area contributed by atoms with Crippen molar-refractivity contribution in [1.29, 1.82) is 0 Å². The fourth-order valence-electron chi connectivity index (χ4n) is 2.57. The fourth-order valence-corrected chi connectivity index (χ4v) is 3.53. The van der Waals surface area contributed by atoms with Crippen molar-refractivity contribution in [2.45, 2.75) is 12.8 Å². The molecule has 1 aliphatic carbocycles. The first-order valence-electron chi connectivity index (χ1n) is 7.04. The zero-order valence-corrected chi connectivity index (χ0v) is 13.4. The van der Waals surface area contributed by atoms with Crippen LogP contribution in [-0.2, 0) is 9.05 Å². The van der Waals surface area contributed by atoms with Gasteiger partial charge in [-0.15, -0.1) is 0 Å². The van der Waals surface area contributed by atoms with Crippen molar-refractivity contribution in [3.05, 3.63) is 77.2 Å². The second-order valence-corrected chi connectivity index (χ2v) is 7.83. The molecule has 0 atom stereocenters. The van der Waals surface area contributed by atoms with Crippen molar-refractivity contribution >= 4 is 25.3 Å². The molecule has 0 aromatic heterocycles. The predicted octanol–water partition coefficient (Wildman–Crippen LogP) is 4.98. The van der Waals surface area contributed by atoms with E-state index < -0.39 is 9.05 Å². The van der Waals surface area contributed by atoms with Gasteiger partial charge in [-0.1, -0.05) is 60.7 Å². The van der Waals surface area contributed by atoms with E-state index in [1.165, 1.54) is 11.1 Å². The Morgan fingerprint density at radius 1 is 0.727 bits per heavy atom. The molecule has 2 nitrogen and oxygen atoms in total. The zero-order chi connectivity index (χ0) is 15.6. The molecule has 2 aromatic rings. The van der Waals surface area contributed by atoms with Crippen LogP contribution in [0.2, 0.25) is 0 Å². The van der Waals surface area contributed by atoms with Crippen molar-refractivity contribution in [2.24, 2.45) is 0 Å². The highest BCUT2D eigenvalue weighted by Gasteiger charge is 2.17. The third kappa shape index (κ3) is 3.32. The molecule has 22 heavy (non-hydrogen) atoms. The van der Waals surface area contributed by atoms with Crippen molar-refractivity contribution in [1.82, 2.24) is 0 Å². The van der Waals surface area contributed by atoms with E-state index in [4.69, 9.17) is 10.7 Å². The number of hydrogen-bond acceptors (Lipinski definition) is 2. The van der Waals surface area contributed by atoms with Crippen LogP contribution in [0.4, 0.5) is 0 Å². The molecule has 0 unspecified atom stereocenters. The van der Waals surface area contributed by atoms with E-state index in [0.29, 0.717) is 17.7 Å². The van der Waals surface area contributed by atoms with Crippen LogP contribution in [0.5, 0.6) is 0 Å². The zero-order valence-electron chi connectivity index (χ0n) is 11.9. The standard InChI is InChI=1S/C18H15ClO2S/c19-22(20,21)18-12-10-17(11-13-18)16-8-6-15(7-9-16)14-4-2-1-3-5-14/h1-10,12H,11,13H2. The Kier molecular flexibility index (Phi) is 4.19. The third-order valence-corrected chi connectivity index (χ3v) is 5.35. The van der Waals surface area contributed by atoms with Gasteiger partial charge in [-0.25, -0.2) is 8.42 Å². The largest absolute Gasteiger partial charge is 0.257 e. The summed E-state index contributed by atoms with van der Waals surface area (Å²) in [5, 5.41) is 0. The smallest absolute Gasteiger partial charge is 0.207 e. The van der Waals surface area contributed by atoms with E-state index in [-0.39, 0.29) is 0 Å². The van der Waals surface area contributed by atoms with Gasteiger partial charge in [0.1, 0.15) is 0 Å². The molecule has 4 heteroatoms. The Morgan fingerprint density at radius 3 is 1.86 bits per heavy atom. The molecule has 0 saturated carbocycles. The lowest BCUT2D eigenvalue weighted by Gasteiger charge is -2.13. The minimum absolute atomic E-state index is 0.291. The van der Waals surface area contributed by atoms with Crippen LogP contribution < -0.4 is 0 Å². The van der Waals surface area contributed by atoms with Gasteiger partial charge in [0.05, 0.1) is 4.91 Å². The minimum atomic E-state index is -3.59. The molecule has 0 aliphatic heterocycles. The van der Waals surface area contributed by atoms with Crippen LogP contribution in [0.15, 0.2) is 71.7 Å². The Balaban J connectivity index is 1.86. The van der Waals surface area contributed by atoms with Gasteiger partial charge in [-0.3, -0.25) is 0 Å². The van der Waals surface area contributed by atoms with Crippen LogP contribution in [0.25, 0.3) is 16.7 Å².